The van der Waals surface area contributed by atoms with Gasteiger partial charge in [0.1, 0.15) is 0 Å². The van der Waals surface area contributed by atoms with Crippen molar-refractivity contribution in [2.24, 2.45) is 0 Å². The van der Waals surface area contributed by atoms with E-state index in [2.05, 4.69) is 16.8 Å². The van der Waals surface area contributed by atoms with E-state index in [0.717, 1.165) is 48.7 Å². The summed E-state index contributed by atoms with van der Waals surface area (Å²) in [6.45, 7) is 9.38. The lowest BCUT2D eigenvalue weighted by Crippen LogP contribution is -2.19. The molecule has 5 nitrogen and oxygen atoms in total. The van der Waals surface area contributed by atoms with E-state index in [0.29, 0.717) is 21.8 Å². The molecule has 0 bridgehead atoms. The zero-order chi connectivity index (χ0) is 22.8. The molecule has 0 radical (unpaired) electrons. The number of amides is 1. The average molecular weight is 448 g/mol. The molecule has 4 rings (SSSR count). The van der Waals surface area contributed by atoms with Crippen LogP contribution in [-0.4, -0.2) is 29.3 Å². The lowest BCUT2D eigenvalue weighted by atomic mass is 10.0. The van der Waals surface area contributed by atoms with Crippen molar-refractivity contribution in [3.63, 3.8) is 0 Å². The van der Waals surface area contributed by atoms with Gasteiger partial charge in [-0.3, -0.25) is 9.59 Å². The Bertz CT molecular complexity index is 1190. The summed E-state index contributed by atoms with van der Waals surface area (Å²) in [4.78, 5) is 28.0. The average Bonchev–Trinajstić information content (AvgIpc) is 3.42. The Morgan fingerprint density at radius 2 is 1.62 bits per heavy atom. The standard InChI is InChI=1S/C26H26ClN3O2/c1-4-25(31)28-24-16-21(29-13-5-6-14-29)11-12-22(24)26(32)23-15-17(2)30(18(23)3)20-9-7-19(27)8-10-20/h4,7-12,15-16H,1,5-6,13-14H2,2-3H3,(H,28,31). The van der Waals surface area contributed by atoms with E-state index in [9.17, 15) is 9.59 Å². The second-order valence-corrected chi connectivity index (χ2v) is 8.48. The summed E-state index contributed by atoms with van der Waals surface area (Å²) in [5.41, 5.74) is 5.27. The van der Waals surface area contributed by atoms with Gasteiger partial charge < -0.3 is 14.8 Å². The molecule has 2 aromatic carbocycles. The predicted octanol–water partition coefficient (Wildman–Crippen LogP) is 5.70. The Morgan fingerprint density at radius 3 is 2.28 bits per heavy atom. The number of hydrogen-bond donors (Lipinski definition) is 1. The molecule has 0 aliphatic carbocycles. The number of anilines is 2. The number of hydrogen-bond acceptors (Lipinski definition) is 3. The highest BCUT2D eigenvalue weighted by molar-refractivity contribution is 6.30. The summed E-state index contributed by atoms with van der Waals surface area (Å²) in [6, 6.07) is 15.1. The number of aromatic nitrogens is 1. The van der Waals surface area contributed by atoms with Crippen molar-refractivity contribution in [3.05, 3.63) is 88.7 Å². The molecule has 0 spiro atoms. The fourth-order valence-electron chi connectivity index (χ4n) is 4.31. The number of ketones is 1. The SMILES string of the molecule is C=CC(=O)Nc1cc(N2CCCC2)ccc1C(=O)c1cc(C)n(-c2ccc(Cl)cc2)c1C. The fourth-order valence-corrected chi connectivity index (χ4v) is 4.44. The summed E-state index contributed by atoms with van der Waals surface area (Å²) in [6.07, 6.45) is 3.50. The Labute approximate surface area is 193 Å². The minimum atomic E-state index is -0.343. The molecule has 1 saturated heterocycles. The molecule has 32 heavy (non-hydrogen) atoms. The maximum Gasteiger partial charge on any atom is 0.247 e. The molecule has 1 aliphatic rings. The van der Waals surface area contributed by atoms with Crippen LogP contribution in [-0.2, 0) is 4.79 Å². The van der Waals surface area contributed by atoms with Crippen molar-refractivity contribution in [3.8, 4) is 5.69 Å². The molecule has 1 aromatic heterocycles. The van der Waals surface area contributed by atoms with Crippen LogP contribution >= 0.6 is 11.6 Å². The van der Waals surface area contributed by atoms with Crippen molar-refractivity contribution >= 4 is 34.7 Å². The summed E-state index contributed by atoms with van der Waals surface area (Å²) in [5, 5.41) is 3.49. The van der Waals surface area contributed by atoms with E-state index in [1.54, 1.807) is 0 Å². The van der Waals surface area contributed by atoms with Crippen LogP contribution in [0.5, 0.6) is 0 Å². The zero-order valence-corrected chi connectivity index (χ0v) is 19.1. The molecule has 3 aromatic rings. The number of nitrogens with one attached hydrogen (secondary N) is 1. The highest BCUT2D eigenvalue weighted by Gasteiger charge is 2.22. The Kier molecular flexibility index (Phi) is 6.19. The van der Waals surface area contributed by atoms with Crippen molar-refractivity contribution < 1.29 is 9.59 Å². The van der Waals surface area contributed by atoms with Crippen LogP contribution in [0.1, 0.15) is 40.2 Å². The summed E-state index contributed by atoms with van der Waals surface area (Å²) < 4.78 is 2.03. The number of halogens is 1. The molecular weight excluding hydrogens is 422 g/mol. The van der Waals surface area contributed by atoms with E-state index in [-0.39, 0.29) is 11.7 Å². The molecule has 0 unspecified atom stereocenters. The van der Waals surface area contributed by atoms with E-state index in [4.69, 9.17) is 11.6 Å². The van der Waals surface area contributed by atoms with Gasteiger partial charge in [0.25, 0.3) is 0 Å². The normalized spacial score (nSPS) is 13.3. The molecule has 1 N–H and O–H groups in total. The largest absolute Gasteiger partial charge is 0.371 e. The van der Waals surface area contributed by atoms with E-state index in [1.165, 1.54) is 6.08 Å². The van der Waals surface area contributed by atoms with Crippen LogP contribution in [0.15, 0.2) is 61.2 Å². The quantitative estimate of drug-likeness (QED) is 0.389. The molecule has 6 heteroatoms. The third kappa shape index (κ3) is 4.21. The highest BCUT2D eigenvalue weighted by Crippen LogP contribution is 2.30. The molecule has 0 saturated carbocycles. The van der Waals surface area contributed by atoms with Gasteiger partial charge in [0.15, 0.2) is 5.78 Å². The zero-order valence-electron chi connectivity index (χ0n) is 18.3. The second-order valence-electron chi connectivity index (χ2n) is 8.04. The number of carbonyl (C=O) groups excluding carboxylic acids is 2. The van der Waals surface area contributed by atoms with Gasteiger partial charge in [-0.2, -0.15) is 0 Å². The van der Waals surface area contributed by atoms with Crippen LogP contribution in [0.3, 0.4) is 0 Å². The smallest absolute Gasteiger partial charge is 0.247 e. The highest BCUT2D eigenvalue weighted by atomic mass is 35.5. The molecule has 0 atom stereocenters. The fraction of sp³-hybridized carbons (Fsp3) is 0.231. The first-order valence-corrected chi connectivity index (χ1v) is 11.1. The first-order chi connectivity index (χ1) is 15.4. The Morgan fingerprint density at radius 1 is 0.969 bits per heavy atom. The summed E-state index contributed by atoms with van der Waals surface area (Å²) >= 11 is 6.04. The van der Waals surface area contributed by atoms with Gasteiger partial charge in [0.2, 0.25) is 5.91 Å². The predicted molar refractivity (Wildman–Crippen MR) is 130 cm³/mol. The lowest BCUT2D eigenvalue weighted by molar-refractivity contribution is -0.111. The Balaban J connectivity index is 1.75. The lowest BCUT2D eigenvalue weighted by Gasteiger charge is -2.20. The van der Waals surface area contributed by atoms with Gasteiger partial charge in [-0.25, -0.2) is 0 Å². The molecule has 164 valence electrons. The third-order valence-electron chi connectivity index (χ3n) is 5.92. The number of benzene rings is 2. The number of nitrogens with zero attached hydrogens (tertiary/aromatic N) is 2. The maximum absolute atomic E-state index is 13.6. The molecular formula is C26H26ClN3O2. The van der Waals surface area contributed by atoms with Crippen LogP contribution in [0.25, 0.3) is 5.69 Å². The van der Waals surface area contributed by atoms with E-state index in [1.807, 2.05) is 66.9 Å². The third-order valence-corrected chi connectivity index (χ3v) is 6.17. The molecule has 1 amide bonds. The minimum Gasteiger partial charge on any atom is -0.371 e. The van der Waals surface area contributed by atoms with Crippen LogP contribution in [0.2, 0.25) is 5.02 Å². The van der Waals surface area contributed by atoms with Gasteiger partial charge in [0.05, 0.1) is 5.69 Å². The van der Waals surface area contributed by atoms with Crippen molar-refractivity contribution in [1.29, 1.82) is 0 Å². The van der Waals surface area contributed by atoms with Crippen LogP contribution < -0.4 is 10.2 Å². The molecule has 1 aliphatic heterocycles. The van der Waals surface area contributed by atoms with Gasteiger partial charge >= 0.3 is 0 Å². The number of carbonyl (C=O) groups is 2. The first-order valence-electron chi connectivity index (χ1n) is 10.7. The summed E-state index contributed by atoms with van der Waals surface area (Å²) in [7, 11) is 0. The van der Waals surface area contributed by atoms with Crippen molar-refractivity contribution in [2.45, 2.75) is 26.7 Å². The van der Waals surface area contributed by atoms with Crippen LogP contribution in [0.4, 0.5) is 11.4 Å². The molecule has 1 fully saturated rings. The minimum absolute atomic E-state index is 0.134. The Hall–Kier alpha value is -3.31. The van der Waals surface area contributed by atoms with Gasteiger partial charge in [-0.05, 0) is 81.3 Å². The molecule has 2 heterocycles. The second kappa shape index (κ2) is 9.05. The van der Waals surface area contributed by atoms with Gasteiger partial charge in [-0.15, -0.1) is 0 Å². The first kappa shape index (κ1) is 21.9. The van der Waals surface area contributed by atoms with Crippen molar-refractivity contribution in [2.75, 3.05) is 23.3 Å². The summed E-state index contributed by atoms with van der Waals surface area (Å²) in [5.74, 6) is -0.477. The van der Waals surface area contributed by atoms with Gasteiger partial charge in [0, 0.05) is 52.0 Å². The van der Waals surface area contributed by atoms with Gasteiger partial charge in [-0.1, -0.05) is 18.2 Å². The maximum atomic E-state index is 13.6. The van der Waals surface area contributed by atoms with Crippen molar-refractivity contribution in [1.82, 2.24) is 4.57 Å². The van der Waals surface area contributed by atoms with Crippen LogP contribution in [0, 0.1) is 13.8 Å². The number of rotatable bonds is 6. The number of aryl methyl sites for hydroxylation is 1. The van der Waals surface area contributed by atoms with E-state index < -0.39 is 0 Å². The van der Waals surface area contributed by atoms with E-state index >= 15 is 0 Å². The topological polar surface area (TPSA) is 54.3 Å². The monoisotopic (exact) mass is 447 g/mol.